The number of rotatable bonds is 5. The summed E-state index contributed by atoms with van der Waals surface area (Å²) in [5.74, 6) is 0.291. The van der Waals surface area contributed by atoms with Gasteiger partial charge in [0.2, 0.25) is 0 Å². The molecule has 0 aromatic heterocycles. The maximum Gasteiger partial charge on any atom is 0.316 e. The van der Waals surface area contributed by atoms with Crippen LogP contribution >= 0.6 is 0 Å². The van der Waals surface area contributed by atoms with E-state index >= 15 is 0 Å². The van der Waals surface area contributed by atoms with E-state index in [1.54, 1.807) is 24.3 Å². The van der Waals surface area contributed by atoms with E-state index in [2.05, 4.69) is 10.2 Å². The molecule has 0 fully saturated rings. The number of carbonyl (C=O) groups excluding carboxylic acids is 1. The topological polar surface area (TPSA) is 51.0 Å². The Morgan fingerprint density at radius 3 is 2.05 bits per heavy atom. The summed E-state index contributed by atoms with van der Waals surface area (Å²) in [6, 6.07) is 16.5. The molecule has 0 saturated carbocycles. The van der Waals surface area contributed by atoms with Crippen molar-refractivity contribution in [3.8, 4) is 5.75 Å². The van der Waals surface area contributed by atoms with Crippen LogP contribution in [-0.2, 0) is 4.79 Å². The number of esters is 1. The van der Waals surface area contributed by atoms with E-state index < -0.39 is 5.41 Å². The molecule has 0 bridgehead atoms. The summed E-state index contributed by atoms with van der Waals surface area (Å²) >= 11 is 0. The SMILES string of the molecule is CCC(C)(C)C(=O)Oc1ccc(N=Nc2ccccc2)cc1. The monoisotopic (exact) mass is 296 g/mol. The molecule has 0 radical (unpaired) electrons. The Hall–Kier alpha value is -2.49. The van der Waals surface area contributed by atoms with Crippen LogP contribution in [0.15, 0.2) is 64.8 Å². The van der Waals surface area contributed by atoms with Gasteiger partial charge in [-0.1, -0.05) is 25.1 Å². The van der Waals surface area contributed by atoms with E-state index in [0.717, 1.165) is 12.1 Å². The van der Waals surface area contributed by atoms with Crippen molar-refractivity contribution in [2.75, 3.05) is 0 Å². The zero-order valence-electron chi connectivity index (χ0n) is 13.1. The number of hydrogen-bond acceptors (Lipinski definition) is 4. The predicted octanol–water partition coefficient (Wildman–Crippen LogP) is 5.44. The minimum Gasteiger partial charge on any atom is -0.426 e. The van der Waals surface area contributed by atoms with E-state index in [1.807, 2.05) is 51.1 Å². The van der Waals surface area contributed by atoms with E-state index in [4.69, 9.17) is 4.74 Å². The summed E-state index contributed by atoms with van der Waals surface area (Å²) in [5.41, 5.74) is 1.02. The van der Waals surface area contributed by atoms with Crippen LogP contribution in [0.3, 0.4) is 0 Å². The van der Waals surface area contributed by atoms with Crippen molar-refractivity contribution in [1.82, 2.24) is 0 Å². The van der Waals surface area contributed by atoms with Crippen LogP contribution < -0.4 is 4.74 Å². The zero-order valence-corrected chi connectivity index (χ0v) is 13.1. The third-order valence-corrected chi connectivity index (χ3v) is 3.52. The molecule has 0 saturated heterocycles. The Bertz CT molecular complexity index is 647. The quantitative estimate of drug-likeness (QED) is 0.419. The second-order valence-electron chi connectivity index (χ2n) is 5.66. The van der Waals surface area contributed by atoms with Gasteiger partial charge >= 0.3 is 5.97 Å². The Morgan fingerprint density at radius 2 is 1.50 bits per heavy atom. The first-order valence-electron chi connectivity index (χ1n) is 7.30. The third-order valence-electron chi connectivity index (χ3n) is 3.52. The molecule has 0 aliphatic carbocycles. The molecule has 0 N–H and O–H groups in total. The van der Waals surface area contributed by atoms with Crippen LogP contribution in [-0.4, -0.2) is 5.97 Å². The first kappa shape index (κ1) is 15.9. The fourth-order valence-electron chi connectivity index (χ4n) is 1.58. The summed E-state index contributed by atoms with van der Waals surface area (Å²) in [6.07, 6.45) is 0.731. The van der Waals surface area contributed by atoms with Gasteiger partial charge in [-0.25, -0.2) is 0 Å². The minimum absolute atomic E-state index is 0.228. The normalized spacial score (nSPS) is 11.6. The maximum absolute atomic E-state index is 12.0. The van der Waals surface area contributed by atoms with Crippen molar-refractivity contribution < 1.29 is 9.53 Å². The molecule has 2 aromatic carbocycles. The van der Waals surface area contributed by atoms with Gasteiger partial charge in [-0.3, -0.25) is 4.79 Å². The average molecular weight is 296 g/mol. The molecule has 22 heavy (non-hydrogen) atoms. The van der Waals surface area contributed by atoms with Gasteiger partial charge in [-0.2, -0.15) is 10.2 Å². The molecule has 2 aromatic rings. The predicted molar refractivity (Wildman–Crippen MR) is 86.8 cm³/mol. The largest absolute Gasteiger partial charge is 0.426 e. The zero-order chi connectivity index (χ0) is 16.0. The Morgan fingerprint density at radius 1 is 0.955 bits per heavy atom. The Labute approximate surface area is 130 Å². The van der Waals surface area contributed by atoms with Crippen LogP contribution in [0, 0.1) is 5.41 Å². The standard InChI is InChI=1S/C18H20N2O2/c1-4-18(2,3)17(21)22-16-12-10-15(11-13-16)20-19-14-8-6-5-7-9-14/h5-13H,4H2,1-3H3. The van der Waals surface area contributed by atoms with Crippen molar-refractivity contribution >= 4 is 17.3 Å². The average Bonchev–Trinajstić information content (AvgIpc) is 2.55. The molecule has 4 heteroatoms. The molecule has 0 atom stereocenters. The highest BCUT2D eigenvalue weighted by atomic mass is 16.5. The van der Waals surface area contributed by atoms with Crippen LogP contribution in [0.25, 0.3) is 0 Å². The van der Waals surface area contributed by atoms with Crippen LogP contribution in [0.2, 0.25) is 0 Å². The Balaban J connectivity index is 2.02. The summed E-state index contributed by atoms with van der Waals surface area (Å²) in [4.78, 5) is 12.0. The molecule has 114 valence electrons. The second-order valence-corrected chi connectivity index (χ2v) is 5.66. The molecular weight excluding hydrogens is 276 g/mol. The van der Waals surface area contributed by atoms with E-state index in [9.17, 15) is 4.79 Å². The number of carbonyl (C=O) groups is 1. The third kappa shape index (κ3) is 4.25. The van der Waals surface area contributed by atoms with Crippen molar-refractivity contribution in [1.29, 1.82) is 0 Å². The fourth-order valence-corrected chi connectivity index (χ4v) is 1.58. The van der Waals surface area contributed by atoms with Gasteiger partial charge < -0.3 is 4.74 Å². The van der Waals surface area contributed by atoms with E-state index in [-0.39, 0.29) is 5.97 Å². The lowest BCUT2D eigenvalue weighted by Gasteiger charge is -2.19. The molecule has 4 nitrogen and oxygen atoms in total. The van der Waals surface area contributed by atoms with Gasteiger partial charge in [-0.15, -0.1) is 0 Å². The molecule has 0 amide bonds. The highest BCUT2D eigenvalue weighted by Crippen LogP contribution is 2.25. The van der Waals surface area contributed by atoms with Gasteiger partial charge in [0.25, 0.3) is 0 Å². The van der Waals surface area contributed by atoms with Gasteiger partial charge in [0, 0.05) is 0 Å². The van der Waals surface area contributed by atoms with Crippen LogP contribution in [0.5, 0.6) is 5.75 Å². The Kier molecular flexibility index (Phi) is 5.04. The summed E-state index contributed by atoms with van der Waals surface area (Å²) in [5, 5.41) is 8.28. The lowest BCUT2D eigenvalue weighted by atomic mass is 9.91. The fraction of sp³-hybridized carbons (Fsp3) is 0.278. The van der Waals surface area contributed by atoms with Crippen molar-refractivity contribution in [3.63, 3.8) is 0 Å². The number of benzene rings is 2. The first-order valence-corrected chi connectivity index (χ1v) is 7.30. The van der Waals surface area contributed by atoms with Gasteiger partial charge in [0.1, 0.15) is 5.75 Å². The first-order chi connectivity index (χ1) is 10.5. The molecule has 0 aliphatic heterocycles. The van der Waals surface area contributed by atoms with Crippen LogP contribution in [0.1, 0.15) is 27.2 Å². The van der Waals surface area contributed by atoms with Crippen LogP contribution in [0.4, 0.5) is 11.4 Å². The highest BCUT2D eigenvalue weighted by Gasteiger charge is 2.27. The molecule has 2 rings (SSSR count). The molecule has 0 heterocycles. The molecule has 0 unspecified atom stereocenters. The van der Waals surface area contributed by atoms with E-state index in [0.29, 0.717) is 11.4 Å². The van der Waals surface area contributed by atoms with E-state index in [1.165, 1.54) is 0 Å². The summed E-state index contributed by atoms with van der Waals surface area (Å²) in [7, 11) is 0. The summed E-state index contributed by atoms with van der Waals surface area (Å²) in [6.45, 7) is 5.71. The maximum atomic E-state index is 12.0. The number of azo groups is 1. The lowest BCUT2D eigenvalue weighted by Crippen LogP contribution is -2.28. The van der Waals surface area contributed by atoms with Gasteiger partial charge in [0.05, 0.1) is 16.8 Å². The number of ether oxygens (including phenoxy) is 1. The number of nitrogens with zero attached hydrogens (tertiary/aromatic N) is 2. The minimum atomic E-state index is -0.480. The molecule has 0 spiro atoms. The van der Waals surface area contributed by atoms with Gasteiger partial charge in [0.15, 0.2) is 0 Å². The smallest absolute Gasteiger partial charge is 0.316 e. The number of hydrogen-bond donors (Lipinski definition) is 0. The lowest BCUT2D eigenvalue weighted by molar-refractivity contribution is -0.144. The van der Waals surface area contributed by atoms with Crippen molar-refractivity contribution in [2.45, 2.75) is 27.2 Å². The summed E-state index contributed by atoms with van der Waals surface area (Å²) < 4.78 is 5.38. The molecule has 0 aliphatic rings. The van der Waals surface area contributed by atoms with Crippen molar-refractivity contribution in [3.05, 3.63) is 54.6 Å². The second kappa shape index (κ2) is 6.98. The van der Waals surface area contributed by atoms with Gasteiger partial charge in [-0.05, 0) is 56.7 Å². The van der Waals surface area contributed by atoms with Crippen molar-refractivity contribution in [2.24, 2.45) is 15.6 Å². The highest BCUT2D eigenvalue weighted by molar-refractivity contribution is 5.78. The molecular formula is C18H20N2O2.